The van der Waals surface area contributed by atoms with Crippen molar-refractivity contribution in [1.29, 1.82) is 0 Å². The minimum atomic E-state index is 1.08. The van der Waals surface area contributed by atoms with E-state index in [1.807, 2.05) is 4.52 Å². The van der Waals surface area contributed by atoms with Crippen LogP contribution in [0.1, 0.15) is 22.8 Å². The Labute approximate surface area is 152 Å². The third kappa shape index (κ3) is 1.81. The summed E-state index contributed by atoms with van der Waals surface area (Å²) in [5.74, 6) is 0. The normalized spacial score (nSPS) is 12.0. The van der Waals surface area contributed by atoms with E-state index in [1.165, 1.54) is 55.4 Å². The molecule has 4 heterocycles. The molecule has 0 radical (unpaired) electrons. The second kappa shape index (κ2) is 5.01. The molecular weight excluding hydrogens is 320 g/mol. The van der Waals surface area contributed by atoms with Crippen molar-refractivity contribution < 1.29 is 0 Å². The van der Waals surface area contributed by atoms with Crippen LogP contribution in [0, 0.1) is 27.7 Å². The Morgan fingerprint density at radius 1 is 0.962 bits per heavy atom. The summed E-state index contributed by atoms with van der Waals surface area (Å²) in [7, 11) is 2.13. The Hall–Kier alpha value is -3.01. The number of aromatic amines is 1. The molecule has 5 aromatic rings. The summed E-state index contributed by atoms with van der Waals surface area (Å²) in [5, 5.41) is 8.69. The molecule has 5 rings (SSSR count). The lowest BCUT2D eigenvalue weighted by atomic mass is 10.0. The molecule has 0 amide bonds. The zero-order chi connectivity index (χ0) is 18.2. The number of rotatable bonds is 1. The molecule has 4 heteroatoms. The first-order valence-electron chi connectivity index (χ1n) is 8.99. The van der Waals surface area contributed by atoms with Crippen molar-refractivity contribution >= 4 is 27.2 Å². The van der Waals surface area contributed by atoms with Crippen LogP contribution in [0.5, 0.6) is 0 Å². The van der Waals surface area contributed by atoms with E-state index in [9.17, 15) is 0 Å². The van der Waals surface area contributed by atoms with Crippen LogP contribution in [-0.2, 0) is 7.05 Å². The van der Waals surface area contributed by atoms with Crippen LogP contribution in [0.25, 0.3) is 38.3 Å². The molecule has 1 aromatic carbocycles. The van der Waals surface area contributed by atoms with Gasteiger partial charge in [-0.25, -0.2) is 4.52 Å². The lowest BCUT2D eigenvalue weighted by Crippen LogP contribution is -1.94. The molecule has 0 unspecified atom stereocenters. The third-order valence-corrected chi connectivity index (χ3v) is 5.84. The fourth-order valence-corrected chi connectivity index (χ4v) is 4.42. The van der Waals surface area contributed by atoms with E-state index < -0.39 is 0 Å². The third-order valence-electron chi connectivity index (χ3n) is 5.84. The van der Waals surface area contributed by atoms with Crippen LogP contribution in [-0.4, -0.2) is 19.2 Å². The SMILES string of the molecule is Cc1[nH]c2ccccc2c1-c1cc2c3c(C)n(C)c(C)c3c(C)nn2c1. The highest BCUT2D eigenvalue weighted by atomic mass is 15.2. The van der Waals surface area contributed by atoms with Gasteiger partial charge in [0.1, 0.15) is 0 Å². The fraction of sp³-hybridized carbons (Fsp3) is 0.227. The Balaban J connectivity index is 1.90. The lowest BCUT2D eigenvalue weighted by Gasteiger charge is -2.01. The molecule has 1 N–H and O–H groups in total. The van der Waals surface area contributed by atoms with Crippen LogP contribution in [0.3, 0.4) is 0 Å². The summed E-state index contributed by atoms with van der Waals surface area (Å²) in [5.41, 5.74) is 9.65. The molecule has 0 saturated heterocycles. The van der Waals surface area contributed by atoms with Gasteiger partial charge in [0, 0.05) is 63.1 Å². The van der Waals surface area contributed by atoms with Crippen LogP contribution >= 0.6 is 0 Å². The van der Waals surface area contributed by atoms with E-state index in [0.717, 1.165) is 5.69 Å². The van der Waals surface area contributed by atoms with Gasteiger partial charge in [0.05, 0.1) is 11.2 Å². The molecule has 0 bridgehead atoms. The summed E-state index contributed by atoms with van der Waals surface area (Å²) in [6.45, 7) is 8.61. The summed E-state index contributed by atoms with van der Waals surface area (Å²) in [4.78, 5) is 3.51. The van der Waals surface area contributed by atoms with Crippen molar-refractivity contribution in [2.45, 2.75) is 27.7 Å². The van der Waals surface area contributed by atoms with Gasteiger partial charge in [-0.05, 0) is 39.8 Å². The highest BCUT2D eigenvalue weighted by Crippen LogP contribution is 2.36. The van der Waals surface area contributed by atoms with Crippen molar-refractivity contribution in [2.75, 3.05) is 0 Å². The molecule has 0 spiro atoms. The molecule has 0 fully saturated rings. The monoisotopic (exact) mass is 342 g/mol. The number of hydrogen-bond donors (Lipinski definition) is 1. The maximum atomic E-state index is 4.85. The van der Waals surface area contributed by atoms with Gasteiger partial charge in [-0.3, -0.25) is 0 Å². The Bertz CT molecular complexity index is 1330. The van der Waals surface area contributed by atoms with Crippen molar-refractivity contribution in [3.8, 4) is 11.1 Å². The summed E-state index contributed by atoms with van der Waals surface area (Å²) >= 11 is 0. The molecule has 0 aliphatic carbocycles. The number of nitrogens with zero attached hydrogens (tertiary/aromatic N) is 3. The van der Waals surface area contributed by atoms with Gasteiger partial charge in [0.2, 0.25) is 0 Å². The molecular formula is C22H22N4. The van der Waals surface area contributed by atoms with Crippen LogP contribution in [0.2, 0.25) is 0 Å². The Kier molecular flexibility index (Phi) is 2.94. The topological polar surface area (TPSA) is 38.0 Å². The molecule has 26 heavy (non-hydrogen) atoms. The highest BCUT2D eigenvalue weighted by Gasteiger charge is 2.18. The lowest BCUT2D eigenvalue weighted by molar-refractivity contribution is 0.851. The van der Waals surface area contributed by atoms with Crippen LogP contribution < -0.4 is 0 Å². The molecule has 0 aliphatic heterocycles. The summed E-state index contributed by atoms with van der Waals surface area (Å²) < 4.78 is 4.31. The largest absolute Gasteiger partial charge is 0.358 e. The maximum absolute atomic E-state index is 4.85. The number of nitrogens with one attached hydrogen (secondary N) is 1. The second-order valence-electron chi connectivity index (χ2n) is 7.29. The summed E-state index contributed by atoms with van der Waals surface area (Å²) in [6, 6.07) is 10.8. The predicted molar refractivity (Wildman–Crippen MR) is 108 cm³/mol. The Morgan fingerprint density at radius 2 is 1.69 bits per heavy atom. The number of benzene rings is 1. The van der Waals surface area contributed by atoms with Gasteiger partial charge in [-0.1, -0.05) is 18.2 Å². The smallest absolute Gasteiger partial charge is 0.0749 e. The van der Waals surface area contributed by atoms with E-state index in [-0.39, 0.29) is 0 Å². The average molecular weight is 342 g/mol. The number of fused-ring (bicyclic) bond motifs is 4. The van der Waals surface area contributed by atoms with Crippen molar-refractivity contribution in [1.82, 2.24) is 19.2 Å². The van der Waals surface area contributed by atoms with E-state index in [0.29, 0.717) is 0 Å². The summed E-state index contributed by atoms with van der Waals surface area (Å²) in [6.07, 6.45) is 2.16. The van der Waals surface area contributed by atoms with Gasteiger partial charge in [-0.2, -0.15) is 5.10 Å². The predicted octanol–water partition coefficient (Wildman–Crippen LogP) is 5.21. The second-order valence-corrected chi connectivity index (χ2v) is 7.29. The standard InChI is InChI=1S/C22H22N4/c1-12-21(17-8-6-7-9-18(17)23-12)16-10-19-22-15(4)25(5)14(3)20(22)13(2)24-26(19)11-16/h6-11,23H,1-5H3. The van der Waals surface area contributed by atoms with E-state index in [4.69, 9.17) is 5.10 Å². The number of hydrogen-bond acceptors (Lipinski definition) is 1. The number of para-hydroxylation sites is 1. The minimum Gasteiger partial charge on any atom is -0.358 e. The van der Waals surface area contributed by atoms with E-state index >= 15 is 0 Å². The fourth-order valence-electron chi connectivity index (χ4n) is 4.42. The van der Waals surface area contributed by atoms with Gasteiger partial charge in [-0.15, -0.1) is 0 Å². The maximum Gasteiger partial charge on any atom is 0.0749 e. The van der Waals surface area contributed by atoms with Crippen molar-refractivity contribution in [2.24, 2.45) is 7.05 Å². The van der Waals surface area contributed by atoms with Gasteiger partial charge in [0.15, 0.2) is 0 Å². The zero-order valence-corrected chi connectivity index (χ0v) is 15.8. The van der Waals surface area contributed by atoms with Gasteiger partial charge in [0.25, 0.3) is 0 Å². The van der Waals surface area contributed by atoms with Crippen LogP contribution in [0.15, 0.2) is 36.5 Å². The first kappa shape index (κ1) is 15.3. The highest BCUT2D eigenvalue weighted by molar-refractivity contribution is 6.04. The molecule has 4 nitrogen and oxygen atoms in total. The zero-order valence-electron chi connectivity index (χ0n) is 15.8. The average Bonchev–Trinajstić information content (AvgIpc) is 3.23. The van der Waals surface area contributed by atoms with Gasteiger partial charge < -0.3 is 9.55 Å². The van der Waals surface area contributed by atoms with Crippen molar-refractivity contribution in [3.63, 3.8) is 0 Å². The van der Waals surface area contributed by atoms with Crippen LogP contribution in [0.4, 0.5) is 0 Å². The quantitative estimate of drug-likeness (QED) is 0.446. The number of aryl methyl sites for hydroxylation is 4. The first-order chi connectivity index (χ1) is 12.5. The number of H-pyrrole nitrogens is 1. The van der Waals surface area contributed by atoms with E-state index in [2.05, 4.69) is 80.8 Å². The van der Waals surface area contributed by atoms with Gasteiger partial charge >= 0.3 is 0 Å². The molecule has 130 valence electrons. The molecule has 0 atom stereocenters. The van der Waals surface area contributed by atoms with Crippen molar-refractivity contribution in [3.05, 3.63) is 59.3 Å². The Morgan fingerprint density at radius 3 is 2.50 bits per heavy atom. The first-order valence-corrected chi connectivity index (χ1v) is 8.99. The molecule has 0 aliphatic rings. The molecule has 0 saturated carbocycles. The molecule has 4 aromatic heterocycles. The minimum absolute atomic E-state index is 1.08. The van der Waals surface area contributed by atoms with E-state index in [1.54, 1.807) is 0 Å². The number of aromatic nitrogens is 4.